The number of urea groups is 1. The van der Waals surface area contributed by atoms with Crippen LogP contribution in [0.5, 0.6) is 0 Å². The van der Waals surface area contributed by atoms with Gasteiger partial charge in [-0.05, 0) is 36.8 Å². The molecule has 0 aliphatic rings. The quantitative estimate of drug-likeness (QED) is 0.755. The first-order valence-corrected chi connectivity index (χ1v) is 7.60. The lowest BCUT2D eigenvalue weighted by Crippen LogP contribution is -2.46. The number of aliphatic hydroxyl groups excluding tert-OH is 1. The summed E-state index contributed by atoms with van der Waals surface area (Å²) >= 11 is 0. The molecule has 2 amide bonds. The molecule has 0 radical (unpaired) electrons. The average Bonchev–Trinajstić information content (AvgIpc) is 2.44. The van der Waals surface area contributed by atoms with Crippen molar-refractivity contribution < 1.29 is 9.90 Å². The van der Waals surface area contributed by atoms with E-state index in [1.165, 1.54) is 5.56 Å². The van der Waals surface area contributed by atoms with E-state index in [1.807, 2.05) is 26.0 Å². The van der Waals surface area contributed by atoms with Gasteiger partial charge in [-0.3, -0.25) is 0 Å². The van der Waals surface area contributed by atoms with Crippen LogP contribution in [0, 0.1) is 18.8 Å². The molecule has 3 atom stereocenters. The molecule has 0 heterocycles. The smallest absolute Gasteiger partial charge is 0.315 e. The molecule has 1 aromatic carbocycles. The molecule has 118 valence electrons. The number of nitrogens with one attached hydrogen (secondary N) is 2. The first-order chi connectivity index (χ1) is 9.86. The third kappa shape index (κ3) is 5.05. The Morgan fingerprint density at radius 1 is 1.14 bits per heavy atom. The van der Waals surface area contributed by atoms with Crippen LogP contribution in [0.1, 0.15) is 44.9 Å². The van der Waals surface area contributed by atoms with E-state index in [0.29, 0.717) is 5.92 Å². The number of hydrogen-bond donors (Lipinski definition) is 3. The predicted octanol–water partition coefficient (Wildman–Crippen LogP) is 3.01. The molecule has 0 saturated heterocycles. The maximum absolute atomic E-state index is 12.2. The molecule has 1 aromatic rings. The van der Waals surface area contributed by atoms with Crippen molar-refractivity contribution in [1.29, 1.82) is 0 Å². The second kappa shape index (κ2) is 8.03. The molecule has 0 aromatic heterocycles. The van der Waals surface area contributed by atoms with E-state index >= 15 is 0 Å². The fraction of sp³-hybridized carbons (Fsp3) is 0.588. The Bertz CT molecular complexity index is 460. The average molecular weight is 292 g/mol. The molecule has 0 aliphatic heterocycles. The van der Waals surface area contributed by atoms with Gasteiger partial charge in [-0.2, -0.15) is 0 Å². The van der Waals surface area contributed by atoms with Crippen LogP contribution in [-0.4, -0.2) is 23.8 Å². The molecular weight excluding hydrogens is 264 g/mol. The third-order valence-corrected chi connectivity index (χ3v) is 3.98. The van der Waals surface area contributed by atoms with Gasteiger partial charge in [-0.15, -0.1) is 0 Å². The molecule has 1 rings (SSSR count). The number of hydrogen-bond acceptors (Lipinski definition) is 2. The van der Waals surface area contributed by atoms with Crippen molar-refractivity contribution in [2.45, 2.75) is 46.7 Å². The zero-order valence-corrected chi connectivity index (χ0v) is 13.7. The highest BCUT2D eigenvalue weighted by Crippen LogP contribution is 2.24. The first kappa shape index (κ1) is 17.5. The van der Waals surface area contributed by atoms with Gasteiger partial charge in [0.2, 0.25) is 0 Å². The Kier molecular flexibility index (Phi) is 6.69. The molecule has 0 aliphatic carbocycles. The summed E-state index contributed by atoms with van der Waals surface area (Å²) in [5.74, 6) is 0.328. The fourth-order valence-corrected chi connectivity index (χ4v) is 2.23. The zero-order chi connectivity index (χ0) is 16.0. The van der Waals surface area contributed by atoms with Gasteiger partial charge >= 0.3 is 6.03 Å². The summed E-state index contributed by atoms with van der Waals surface area (Å²) in [4.78, 5) is 12.2. The van der Waals surface area contributed by atoms with E-state index in [0.717, 1.165) is 5.56 Å². The van der Waals surface area contributed by atoms with Crippen LogP contribution in [0.4, 0.5) is 4.79 Å². The van der Waals surface area contributed by atoms with Crippen molar-refractivity contribution in [3.8, 4) is 0 Å². The minimum atomic E-state index is -0.190. The fourth-order valence-electron chi connectivity index (χ4n) is 2.23. The lowest BCUT2D eigenvalue weighted by atomic mass is 9.93. The minimum Gasteiger partial charge on any atom is -0.396 e. The number of carbonyl (C=O) groups is 1. The lowest BCUT2D eigenvalue weighted by molar-refractivity contribution is 0.197. The number of aryl methyl sites for hydroxylation is 1. The molecule has 21 heavy (non-hydrogen) atoms. The van der Waals surface area contributed by atoms with Gasteiger partial charge in [0.15, 0.2) is 0 Å². The molecule has 0 spiro atoms. The molecule has 0 saturated carbocycles. The Balaban J connectivity index is 2.76. The number of rotatable bonds is 6. The molecule has 4 nitrogen and oxygen atoms in total. The Morgan fingerprint density at radius 3 is 2.29 bits per heavy atom. The van der Waals surface area contributed by atoms with Crippen LogP contribution in [0.15, 0.2) is 24.3 Å². The summed E-state index contributed by atoms with van der Waals surface area (Å²) in [6.45, 7) is 10.1. The summed E-state index contributed by atoms with van der Waals surface area (Å²) in [5.41, 5.74) is 2.32. The molecule has 3 unspecified atom stereocenters. The van der Waals surface area contributed by atoms with E-state index in [-0.39, 0.29) is 30.6 Å². The van der Waals surface area contributed by atoms with Crippen LogP contribution in [0.25, 0.3) is 0 Å². The van der Waals surface area contributed by atoms with E-state index in [2.05, 4.69) is 43.5 Å². The number of aliphatic hydroxyl groups is 1. The van der Waals surface area contributed by atoms with Crippen molar-refractivity contribution in [2.24, 2.45) is 11.8 Å². The van der Waals surface area contributed by atoms with Crippen molar-refractivity contribution in [3.05, 3.63) is 35.4 Å². The largest absolute Gasteiger partial charge is 0.396 e. The maximum Gasteiger partial charge on any atom is 0.315 e. The summed E-state index contributed by atoms with van der Waals surface area (Å²) in [6, 6.07) is 7.82. The van der Waals surface area contributed by atoms with Crippen molar-refractivity contribution in [3.63, 3.8) is 0 Å². The van der Waals surface area contributed by atoms with Gasteiger partial charge in [0, 0.05) is 12.6 Å². The highest BCUT2D eigenvalue weighted by molar-refractivity contribution is 5.74. The maximum atomic E-state index is 12.2. The van der Waals surface area contributed by atoms with Crippen molar-refractivity contribution in [1.82, 2.24) is 10.6 Å². The van der Waals surface area contributed by atoms with Gasteiger partial charge in [0.1, 0.15) is 0 Å². The van der Waals surface area contributed by atoms with Gasteiger partial charge in [0.05, 0.1) is 6.04 Å². The van der Waals surface area contributed by atoms with E-state index in [9.17, 15) is 4.79 Å². The summed E-state index contributed by atoms with van der Waals surface area (Å²) < 4.78 is 0. The van der Waals surface area contributed by atoms with Gasteiger partial charge < -0.3 is 15.7 Å². The Morgan fingerprint density at radius 2 is 1.76 bits per heavy atom. The van der Waals surface area contributed by atoms with Crippen molar-refractivity contribution >= 4 is 6.03 Å². The van der Waals surface area contributed by atoms with Crippen LogP contribution in [-0.2, 0) is 0 Å². The molecule has 4 heteroatoms. The predicted molar refractivity (Wildman–Crippen MR) is 86.1 cm³/mol. The van der Waals surface area contributed by atoms with Crippen LogP contribution >= 0.6 is 0 Å². The lowest BCUT2D eigenvalue weighted by Gasteiger charge is -2.27. The normalized spacial score (nSPS) is 15.4. The Hall–Kier alpha value is -1.55. The van der Waals surface area contributed by atoms with Gasteiger partial charge in [-0.25, -0.2) is 4.79 Å². The molecule has 0 bridgehead atoms. The monoisotopic (exact) mass is 292 g/mol. The zero-order valence-electron chi connectivity index (χ0n) is 13.7. The number of carbonyl (C=O) groups excluding carboxylic acids is 1. The summed E-state index contributed by atoms with van der Waals surface area (Å²) in [5, 5.41) is 15.1. The number of benzene rings is 1. The van der Waals surface area contributed by atoms with Crippen LogP contribution in [0.3, 0.4) is 0 Å². The van der Waals surface area contributed by atoms with Gasteiger partial charge in [-0.1, -0.05) is 45.0 Å². The molecule has 0 fully saturated rings. The molecular formula is C17H28N2O2. The highest BCUT2D eigenvalue weighted by atomic mass is 16.3. The van der Waals surface area contributed by atoms with Gasteiger partial charge in [0.25, 0.3) is 0 Å². The summed E-state index contributed by atoms with van der Waals surface area (Å²) in [6.07, 6.45) is 0. The van der Waals surface area contributed by atoms with E-state index in [4.69, 9.17) is 5.11 Å². The second-order valence-electron chi connectivity index (χ2n) is 6.14. The third-order valence-electron chi connectivity index (χ3n) is 3.98. The Labute approximate surface area is 128 Å². The highest BCUT2D eigenvalue weighted by Gasteiger charge is 2.21. The first-order valence-electron chi connectivity index (χ1n) is 7.60. The standard InChI is InChI=1S/C17H28N2O2/c1-11(2)16(15-9-7-6-8-12(15)3)19-17(21)18-14(5)13(4)10-20/h6-9,11,13-14,16,20H,10H2,1-5H3,(H2,18,19,21). The van der Waals surface area contributed by atoms with E-state index < -0.39 is 0 Å². The SMILES string of the molecule is Cc1ccccc1C(NC(=O)NC(C)C(C)CO)C(C)C. The summed E-state index contributed by atoms with van der Waals surface area (Å²) in [7, 11) is 0. The second-order valence-corrected chi connectivity index (χ2v) is 6.14. The minimum absolute atomic E-state index is 0.0252. The molecule has 3 N–H and O–H groups in total. The number of amides is 2. The van der Waals surface area contributed by atoms with Crippen LogP contribution in [0.2, 0.25) is 0 Å². The van der Waals surface area contributed by atoms with E-state index in [1.54, 1.807) is 0 Å². The topological polar surface area (TPSA) is 61.4 Å². The van der Waals surface area contributed by atoms with Crippen LogP contribution < -0.4 is 10.6 Å². The van der Waals surface area contributed by atoms with Crippen molar-refractivity contribution in [2.75, 3.05) is 6.61 Å².